The predicted molar refractivity (Wildman–Crippen MR) is 66.9 cm³/mol. The standard InChI is InChI=1S/C13H17N3O3/c1-15-11(8-4-5-8)7-9(14-15)12(17)16-6-2-3-10(16)13(18)19/h7-8,10H,2-6H2,1H3,(H,18,19)/t10-/m1/s1. The first kappa shape index (κ1) is 12.2. The summed E-state index contributed by atoms with van der Waals surface area (Å²) >= 11 is 0. The Morgan fingerprint density at radius 3 is 2.74 bits per heavy atom. The normalized spacial score (nSPS) is 22.8. The largest absolute Gasteiger partial charge is 0.480 e. The molecule has 1 amide bonds. The molecule has 6 nitrogen and oxygen atoms in total. The molecule has 6 heteroatoms. The van der Waals surface area contributed by atoms with E-state index < -0.39 is 12.0 Å². The van der Waals surface area contributed by atoms with E-state index in [1.165, 1.54) is 4.90 Å². The summed E-state index contributed by atoms with van der Waals surface area (Å²) in [5.74, 6) is -0.663. The highest BCUT2D eigenvalue weighted by Crippen LogP contribution is 2.40. The Kier molecular flexibility index (Phi) is 2.80. The third-order valence-corrected chi connectivity index (χ3v) is 3.93. The second-order valence-corrected chi connectivity index (χ2v) is 5.35. The first-order valence-corrected chi connectivity index (χ1v) is 6.65. The van der Waals surface area contributed by atoms with Gasteiger partial charge in [-0.2, -0.15) is 5.10 Å². The number of hydrogen-bond donors (Lipinski definition) is 1. The molecular weight excluding hydrogens is 246 g/mol. The van der Waals surface area contributed by atoms with E-state index in [0.29, 0.717) is 24.6 Å². The zero-order valence-electron chi connectivity index (χ0n) is 10.9. The molecule has 2 heterocycles. The van der Waals surface area contributed by atoms with Gasteiger partial charge in [-0.1, -0.05) is 0 Å². The lowest BCUT2D eigenvalue weighted by Crippen LogP contribution is -2.40. The van der Waals surface area contributed by atoms with Crippen molar-refractivity contribution in [3.63, 3.8) is 0 Å². The second-order valence-electron chi connectivity index (χ2n) is 5.35. The van der Waals surface area contributed by atoms with Crippen LogP contribution < -0.4 is 0 Å². The Hall–Kier alpha value is -1.85. The molecule has 1 aliphatic carbocycles. The lowest BCUT2D eigenvalue weighted by atomic mass is 10.2. The van der Waals surface area contributed by atoms with Gasteiger partial charge in [0.25, 0.3) is 5.91 Å². The summed E-state index contributed by atoms with van der Waals surface area (Å²) in [6.45, 7) is 0.505. The number of amides is 1. The Bertz CT molecular complexity index is 533. The van der Waals surface area contributed by atoms with Gasteiger partial charge in [0, 0.05) is 25.2 Å². The Morgan fingerprint density at radius 2 is 2.11 bits per heavy atom. The van der Waals surface area contributed by atoms with E-state index in [4.69, 9.17) is 5.11 Å². The van der Waals surface area contributed by atoms with Crippen LogP contribution in [0.3, 0.4) is 0 Å². The first-order valence-electron chi connectivity index (χ1n) is 6.65. The number of aliphatic carboxylic acids is 1. The molecule has 0 spiro atoms. The highest BCUT2D eigenvalue weighted by molar-refractivity contribution is 5.95. The van der Waals surface area contributed by atoms with Crippen LogP contribution in [0.5, 0.6) is 0 Å². The molecule has 0 aromatic carbocycles. The first-order chi connectivity index (χ1) is 9.08. The Balaban J connectivity index is 1.83. The summed E-state index contributed by atoms with van der Waals surface area (Å²) in [4.78, 5) is 24.9. The van der Waals surface area contributed by atoms with E-state index >= 15 is 0 Å². The van der Waals surface area contributed by atoms with Crippen LogP contribution in [-0.2, 0) is 11.8 Å². The quantitative estimate of drug-likeness (QED) is 0.882. The smallest absolute Gasteiger partial charge is 0.326 e. The minimum Gasteiger partial charge on any atom is -0.480 e. The van der Waals surface area contributed by atoms with Crippen molar-refractivity contribution in [2.45, 2.75) is 37.6 Å². The molecule has 2 aliphatic rings. The van der Waals surface area contributed by atoms with Gasteiger partial charge in [0.15, 0.2) is 5.69 Å². The van der Waals surface area contributed by atoms with E-state index in [0.717, 1.165) is 25.0 Å². The average molecular weight is 263 g/mol. The van der Waals surface area contributed by atoms with Gasteiger partial charge in [-0.3, -0.25) is 9.48 Å². The van der Waals surface area contributed by atoms with Gasteiger partial charge in [0.05, 0.1) is 0 Å². The maximum atomic E-state index is 12.4. The summed E-state index contributed by atoms with van der Waals surface area (Å²) < 4.78 is 1.75. The summed E-state index contributed by atoms with van der Waals surface area (Å²) in [6.07, 6.45) is 3.57. The van der Waals surface area contributed by atoms with Crippen molar-refractivity contribution in [3.8, 4) is 0 Å². The third-order valence-electron chi connectivity index (χ3n) is 3.93. The molecule has 1 N–H and O–H groups in total. The van der Waals surface area contributed by atoms with Crippen LogP contribution in [-0.4, -0.2) is 44.3 Å². The van der Waals surface area contributed by atoms with Crippen molar-refractivity contribution in [1.82, 2.24) is 14.7 Å². The molecule has 2 fully saturated rings. The maximum absolute atomic E-state index is 12.4. The van der Waals surface area contributed by atoms with E-state index in [9.17, 15) is 9.59 Å². The Morgan fingerprint density at radius 1 is 1.37 bits per heavy atom. The molecule has 1 aromatic rings. The van der Waals surface area contributed by atoms with Crippen LogP contribution >= 0.6 is 0 Å². The molecular formula is C13H17N3O3. The third kappa shape index (κ3) is 2.11. The van der Waals surface area contributed by atoms with Crippen LogP contribution in [0.15, 0.2) is 6.07 Å². The van der Waals surface area contributed by atoms with Crippen LogP contribution in [0.25, 0.3) is 0 Å². The van der Waals surface area contributed by atoms with Crippen molar-refractivity contribution in [3.05, 3.63) is 17.5 Å². The summed E-state index contributed by atoms with van der Waals surface area (Å²) in [5.41, 5.74) is 1.45. The molecule has 1 saturated heterocycles. The number of hydrogen-bond acceptors (Lipinski definition) is 3. The van der Waals surface area contributed by atoms with Crippen LogP contribution in [0.4, 0.5) is 0 Å². The lowest BCUT2D eigenvalue weighted by Gasteiger charge is -2.19. The number of carbonyl (C=O) groups excluding carboxylic acids is 1. The number of carboxylic acid groups (broad SMARTS) is 1. The molecule has 0 radical (unpaired) electrons. The van der Waals surface area contributed by atoms with Gasteiger partial charge in [-0.15, -0.1) is 0 Å². The molecule has 0 bridgehead atoms. The van der Waals surface area contributed by atoms with Crippen molar-refractivity contribution < 1.29 is 14.7 Å². The fourth-order valence-corrected chi connectivity index (χ4v) is 2.76. The van der Waals surface area contributed by atoms with Crippen LogP contribution in [0.1, 0.15) is 47.8 Å². The SMILES string of the molecule is Cn1nc(C(=O)N2CCC[C@@H]2C(=O)O)cc1C1CC1. The van der Waals surface area contributed by atoms with Gasteiger partial charge >= 0.3 is 5.97 Å². The van der Waals surface area contributed by atoms with Crippen LogP contribution in [0, 0.1) is 0 Å². The van der Waals surface area contributed by atoms with E-state index in [-0.39, 0.29) is 5.91 Å². The van der Waals surface area contributed by atoms with Crippen molar-refractivity contribution in [1.29, 1.82) is 0 Å². The lowest BCUT2D eigenvalue weighted by molar-refractivity contribution is -0.141. The number of aryl methyl sites for hydroxylation is 1. The number of aromatic nitrogens is 2. The topological polar surface area (TPSA) is 75.4 Å². The minimum absolute atomic E-state index is 0.257. The predicted octanol–water partition coefficient (Wildman–Crippen LogP) is 0.987. The molecule has 3 rings (SSSR count). The summed E-state index contributed by atoms with van der Waals surface area (Å²) in [5, 5.41) is 13.4. The monoisotopic (exact) mass is 263 g/mol. The van der Waals surface area contributed by atoms with Gasteiger partial charge in [-0.05, 0) is 31.7 Å². The van der Waals surface area contributed by atoms with Gasteiger partial charge in [-0.25, -0.2) is 4.79 Å². The van der Waals surface area contributed by atoms with E-state index in [1.54, 1.807) is 4.68 Å². The van der Waals surface area contributed by atoms with Crippen molar-refractivity contribution in [2.75, 3.05) is 6.54 Å². The van der Waals surface area contributed by atoms with Crippen molar-refractivity contribution >= 4 is 11.9 Å². The number of carboxylic acids is 1. The van der Waals surface area contributed by atoms with E-state index in [1.807, 2.05) is 13.1 Å². The summed E-state index contributed by atoms with van der Waals surface area (Å²) in [7, 11) is 1.84. The molecule has 1 saturated carbocycles. The molecule has 1 aliphatic heterocycles. The molecule has 1 aromatic heterocycles. The van der Waals surface area contributed by atoms with Gasteiger partial charge < -0.3 is 10.0 Å². The second kappa shape index (κ2) is 4.36. The van der Waals surface area contributed by atoms with E-state index in [2.05, 4.69) is 5.10 Å². The number of carbonyl (C=O) groups is 2. The molecule has 1 atom stereocenters. The van der Waals surface area contributed by atoms with Crippen molar-refractivity contribution in [2.24, 2.45) is 7.05 Å². The fourth-order valence-electron chi connectivity index (χ4n) is 2.76. The highest BCUT2D eigenvalue weighted by atomic mass is 16.4. The summed E-state index contributed by atoms with van der Waals surface area (Å²) in [6, 6.07) is 1.12. The average Bonchev–Trinajstić information content (AvgIpc) is 2.95. The van der Waals surface area contributed by atoms with Gasteiger partial charge in [0.1, 0.15) is 6.04 Å². The van der Waals surface area contributed by atoms with Gasteiger partial charge in [0.2, 0.25) is 0 Å². The highest BCUT2D eigenvalue weighted by Gasteiger charge is 2.36. The molecule has 102 valence electrons. The molecule has 0 unspecified atom stereocenters. The number of likely N-dealkylation sites (tertiary alicyclic amines) is 1. The Labute approximate surface area is 111 Å². The maximum Gasteiger partial charge on any atom is 0.326 e. The fraction of sp³-hybridized carbons (Fsp3) is 0.615. The van der Waals surface area contributed by atoms with Crippen LogP contribution in [0.2, 0.25) is 0 Å². The zero-order chi connectivity index (χ0) is 13.6. The zero-order valence-corrected chi connectivity index (χ0v) is 10.9. The number of rotatable bonds is 3. The number of nitrogens with zero attached hydrogens (tertiary/aromatic N) is 3. The molecule has 19 heavy (non-hydrogen) atoms. The minimum atomic E-state index is -0.927.